The molecule has 0 saturated heterocycles. The Balaban J connectivity index is 2.55. The minimum absolute atomic E-state index is 0.0967. The normalized spacial score (nSPS) is 10.3. The van der Waals surface area contributed by atoms with Crippen molar-refractivity contribution in [1.82, 2.24) is 0 Å². The molecule has 0 spiro atoms. The van der Waals surface area contributed by atoms with Gasteiger partial charge >= 0.3 is 5.97 Å². The largest absolute Gasteiger partial charge is 0.465 e. The van der Waals surface area contributed by atoms with Gasteiger partial charge in [0.15, 0.2) is 0 Å². The zero-order chi connectivity index (χ0) is 14.0. The molecule has 2 rings (SSSR count). The Bertz CT molecular complexity index is 616. The molecule has 2 aromatic carbocycles. The van der Waals surface area contributed by atoms with E-state index in [1.54, 1.807) is 13.0 Å². The third-order valence-electron chi connectivity index (χ3n) is 2.69. The van der Waals surface area contributed by atoms with E-state index in [1.165, 1.54) is 31.4 Å². The highest BCUT2D eigenvalue weighted by Crippen LogP contribution is 2.24. The van der Waals surface area contributed by atoms with E-state index in [9.17, 15) is 13.6 Å². The number of ether oxygens (including phenoxy) is 1. The van der Waals surface area contributed by atoms with Crippen LogP contribution in [0.3, 0.4) is 0 Å². The van der Waals surface area contributed by atoms with E-state index in [-0.39, 0.29) is 5.56 Å². The molecule has 4 heteroatoms. The van der Waals surface area contributed by atoms with Crippen molar-refractivity contribution in [2.75, 3.05) is 7.11 Å². The van der Waals surface area contributed by atoms with Crippen LogP contribution in [0.15, 0.2) is 36.4 Å². The molecule has 0 fully saturated rings. The van der Waals surface area contributed by atoms with E-state index in [4.69, 9.17) is 0 Å². The number of benzene rings is 2. The van der Waals surface area contributed by atoms with Crippen LogP contribution < -0.4 is 0 Å². The monoisotopic (exact) mass is 262 g/mol. The van der Waals surface area contributed by atoms with Crippen molar-refractivity contribution in [1.29, 1.82) is 0 Å². The second-order valence-corrected chi connectivity index (χ2v) is 4.24. The van der Waals surface area contributed by atoms with Gasteiger partial charge in [0.05, 0.1) is 12.7 Å². The molecular weight excluding hydrogens is 250 g/mol. The maximum absolute atomic E-state index is 13.5. The van der Waals surface area contributed by atoms with Gasteiger partial charge in [-0.1, -0.05) is 6.07 Å². The Morgan fingerprint density at radius 1 is 0.947 bits per heavy atom. The summed E-state index contributed by atoms with van der Waals surface area (Å²) in [6, 6.07) is 8.21. The summed E-state index contributed by atoms with van der Waals surface area (Å²) in [4.78, 5) is 11.4. The molecule has 0 N–H and O–H groups in total. The van der Waals surface area contributed by atoms with Crippen molar-refractivity contribution in [2.45, 2.75) is 6.92 Å². The number of aryl methyl sites for hydroxylation is 1. The highest BCUT2D eigenvalue weighted by molar-refractivity contribution is 5.91. The molecule has 2 aromatic rings. The summed E-state index contributed by atoms with van der Waals surface area (Å²) in [7, 11) is 1.22. The first kappa shape index (κ1) is 13.2. The Labute approximate surface area is 109 Å². The number of carbonyl (C=O) groups excluding carboxylic acids is 1. The number of hydrogen-bond donors (Lipinski definition) is 0. The SMILES string of the molecule is COC(=O)c1cc(F)cc(-c2cc(C)cc(F)c2)c1. The summed E-state index contributed by atoms with van der Waals surface area (Å²) < 4.78 is 31.4. The van der Waals surface area contributed by atoms with Crippen molar-refractivity contribution in [3.8, 4) is 11.1 Å². The Morgan fingerprint density at radius 3 is 2.11 bits per heavy atom. The topological polar surface area (TPSA) is 26.3 Å². The van der Waals surface area contributed by atoms with Gasteiger partial charge in [0.25, 0.3) is 0 Å². The first-order chi connectivity index (χ1) is 8.99. The second-order valence-electron chi connectivity index (χ2n) is 4.24. The lowest BCUT2D eigenvalue weighted by atomic mass is 10.0. The molecule has 0 aliphatic rings. The van der Waals surface area contributed by atoms with Gasteiger partial charge < -0.3 is 4.74 Å². The minimum atomic E-state index is -0.631. The predicted octanol–water partition coefficient (Wildman–Crippen LogP) is 3.73. The van der Waals surface area contributed by atoms with Crippen molar-refractivity contribution >= 4 is 5.97 Å². The molecule has 0 saturated carbocycles. The van der Waals surface area contributed by atoms with Crippen LogP contribution in [0.1, 0.15) is 15.9 Å². The summed E-state index contributed by atoms with van der Waals surface area (Å²) in [6.45, 7) is 1.74. The lowest BCUT2D eigenvalue weighted by Gasteiger charge is -2.07. The molecule has 0 unspecified atom stereocenters. The van der Waals surface area contributed by atoms with Gasteiger partial charge in [0, 0.05) is 0 Å². The zero-order valence-corrected chi connectivity index (χ0v) is 10.5. The van der Waals surface area contributed by atoms with E-state index < -0.39 is 17.6 Å². The fraction of sp³-hybridized carbons (Fsp3) is 0.133. The molecule has 2 nitrogen and oxygen atoms in total. The van der Waals surface area contributed by atoms with E-state index >= 15 is 0 Å². The highest BCUT2D eigenvalue weighted by Gasteiger charge is 2.10. The predicted molar refractivity (Wildman–Crippen MR) is 67.9 cm³/mol. The van der Waals surface area contributed by atoms with Crippen LogP contribution in [0.5, 0.6) is 0 Å². The summed E-state index contributed by atoms with van der Waals surface area (Å²) in [6.07, 6.45) is 0. The molecule has 0 aromatic heterocycles. The quantitative estimate of drug-likeness (QED) is 0.771. The van der Waals surface area contributed by atoms with Gasteiger partial charge in [0.2, 0.25) is 0 Å². The maximum Gasteiger partial charge on any atom is 0.337 e. The van der Waals surface area contributed by atoms with Crippen molar-refractivity contribution in [3.63, 3.8) is 0 Å². The third-order valence-corrected chi connectivity index (χ3v) is 2.69. The molecule has 0 amide bonds. The number of esters is 1. The first-order valence-corrected chi connectivity index (χ1v) is 5.66. The Morgan fingerprint density at radius 2 is 1.53 bits per heavy atom. The number of carbonyl (C=O) groups is 1. The van der Waals surface area contributed by atoms with E-state index in [1.807, 2.05) is 0 Å². The van der Waals surface area contributed by atoms with Crippen LogP contribution in [-0.2, 0) is 4.74 Å². The number of hydrogen-bond acceptors (Lipinski definition) is 2. The number of halogens is 2. The summed E-state index contributed by atoms with van der Waals surface area (Å²) in [5.74, 6) is -1.60. The van der Waals surface area contributed by atoms with Crippen molar-refractivity contribution in [3.05, 3.63) is 59.2 Å². The smallest absolute Gasteiger partial charge is 0.337 e. The van der Waals surface area contributed by atoms with Crippen LogP contribution in [0.2, 0.25) is 0 Å². The molecule has 0 aliphatic heterocycles. The molecule has 0 atom stereocenters. The number of rotatable bonds is 2. The lowest BCUT2D eigenvalue weighted by molar-refractivity contribution is 0.0600. The van der Waals surface area contributed by atoms with Crippen LogP contribution in [0.25, 0.3) is 11.1 Å². The number of methoxy groups -OCH3 is 1. The maximum atomic E-state index is 13.5. The standard InChI is InChI=1S/C15H12F2O2/c1-9-3-10(6-13(16)4-9)11-5-12(15(18)19-2)8-14(17)7-11/h3-8H,1-2H3. The molecular formula is C15H12F2O2. The lowest BCUT2D eigenvalue weighted by Crippen LogP contribution is -2.02. The van der Waals surface area contributed by atoms with Gasteiger partial charge in [-0.15, -0.1) is 0 Å². The second kappa shape index (κ2) is 5.18. The average molecular weight is 262 g/mol. The first-order valence-electron chi connectivity index (χ1n) is 5.66. The van der Waals surface area contributed by atoms with Gasteiger partial charge in [-0.3, -0.25) is 0 Å². The summed E-state index contributed by atoms with van der Waals surface area (Å²) in [5, 5.41) is 0. The fourth-order valence-corrected chi connectivity index (χ4v) is 1.90. The van der Waals surface area contributed by atoms with Crippen molar-refractivity contribution in [2.24, 2.45) is 0 Å². The molecule has 19 heavy (non-hydrogen) atoms. The fourth-order valence-electron chi connectivity index (χ4n) is 1.90. The molecule has 0 aliphatic carbocycles. The Kier molecular flexibility index (Phi) is 3.60. The third kappa shape index (κ3) is 2.96. The highest BCUT2D eigenvalue weighted by atomic mass is 19.1. The van der Waals surface area contributed by atoms with Gasteiger partial charge in [-0.2, -0.15) is 0 Å². The molecule has 0 heterocycles. The van der Waals surface area contributed by atoms with Gasteiger partial charge in [-0.25, -0.2) is 13.6 Å². The van der Waals surface area contributed by atoms with Crippen LogP contribution in [0.4, 0.5) is 8.78 Å². The zero-order valence-electron chi connectivity index (χ0n) is 10.5. The Hall–Kier alpha value is -2.23. The van der Waals surface area contributed by atoms with Crippen LogP contribution >= 0.6 is 0 Å². The summed E-state index contributed by atoms with van der Waals surface area (Å²) in [5.41, 5.74) is 1.77. The van der Waals surface area contributed by atoms with E-state index in [2.05, 4.69) is 4.74 Å². The van der Waals surface area contributed by atoms with Crippen LogP contribution in [-0.4, -0.2) is 13.1 Å². The summed E-state index contributed by atoms with van der Waals surface area (Å²) >= 11 is 0. The van der Waals surface area contributed by atoms with Gasteiger partial charge in [-0.05, 0) is 53.9 Å². The molecule has 0 bridgehead atoms. The van der Waals surface area contributed by atoms with Crippen molar-refractivity contribution < 1.29 is 18.3 Å². The molecule has 0 radical (unpaired) electrons. The van der Waals surface area contributed by atoms with Crippen LogP contribution in [0, 0.1) is 18.6 Å². The van der Waals surface area contributed by atoms with Gasteiger partial charge in [0.1, 0.15) is 11.6 Å². The molecule has 98 valence electrons. The van der Waals surface area contributed by atoms with E-state index in [0.29, 0.717) is 11.1 Å². The average Bonchev–Trinajstić information content (AvgIpc) is 2.36. The minimum Gasteiger partial charge on any atom is -0.465 e. The van der Waals surface area contributed by atoms with E-state index in [0.717, 1.165) is 11.6 Å².